The third kappa shape index (κ3) is 3.45. The summed E-state index contributed by atoms with van der Waals surface area (Å²) in [5, 5.41) is 3.42. The van der Waals surface area contributed by atoms with Crippen LogP contribution >= 0.6 is 0 Å². The molecule has 0 radical (unpaired) electrons. The van der Waals surface area contributed by atoms with Gasteiger partial charge in [-0.1, -0.05) is 60.7 Å². The molecule has 0 aromatic heterocycles. The summed E-state index contributed by atoms with van der Waals surface area (Å²) in [5.41, 5.74) is 2.39. The molecule has 1 heterocycles. The second-order valence-electron chi connectivity index (χ2n) is 6.39. The first-order valence-corrected chi connectivity index (χ1v) is 8.10. The molecule has 0 bridgehead atoms. The first-order chi connectivity index (χ1) is 11.2. The Labute approximate surface area is 137 Å². The smallest absolute Gasteiger partial charge is 0.310 e. The van der Waals surface area contributed by atoms with Crippen LogP contribution in [-0.2, 0) is 22.4 Å². The van der Waals surface area contributed by atoms with Gasteiger partial charge in [-0.15, -0.1) is 0 Å². The topological polar surface area (TPSA) is 38.3 Å². The highest BCUT2D eigenvalue weighted by atomic mass is 16.5. The molecule has 3 rings (SSSR count). The molecule has 2 aromatic carbocycles. The molecule has 120 valence electrons. The van der Waals surface area contributed by atoms with Crippen molar-refractivity contribution >= 4 is 5.97 Å². The Balaban J connectivity index is 1.93. The monoisotopic (exact) mass is 309 g/mol. The normalized spacial score (nSPS) is 19.4. The van der Waals surface area contributed by atoms with E-state index in [0.29, 0.717) is 6.54 Å². The number of nitrogens with one attached hydrogen (secondary N) is 1. The van der Waals surface area contributed by atoms with E-state index in [1.54, 1.807) is 0 Å². The summed E-state index contributed by atoms with van der Waals surface area (Å²) in [6.07, 6.45) is 1.74. The number of carbonyl (C=O) groups excluding carboxylic acids is 1. The highest BCUT2D eigenvalue weighted by Gasteiger charge is 2.47. The maximum atomic E-state index is 12.3. The van der Waals surface area contributed by atoms with Gasteiger partial charge in [-0.3, -0.25) is 4.79 Å². The van der Waals surface area contributed by atoms with E-state index < -0.39 is 0 Å². The predicted octanol–water partition coefficient (Wildman–Crippen LogP) is 2.85. The number of carbonyl (C=O) groups is 1. The summed E-state index contributed by atoms with van der Waals surface area (Å²) < 4.78 is 5.09. The number of rotatable bonds is 5. The van der Waals surface area contributed by atoms with Crippen LogP contribution < -0.4 is 5.32 Å². The fourth-order valence-electron chi connectivity index (χ4n) is 3.72. The van der Waals surface area contributed by atoms with Crippen LogP contribution in [0.4, 0.5) is 0 Å². The first-order valence-electron chi connectivity index (χ1n) is 8.10. The highest BCUT2D eigenvalue weighted by Crippen LogP contribution is 2.39. The molecule has 3 heteroatoms. The fraction of sp³-hybridized carbons (Fsp3) is 0.350. The van der Waals surface area contributed by atoms with E-state index in [9.17, 15) is 4.79 Å². The molecule has 1 N–H and O–H groups in total. The van der Waals surface area contributed by atoms with Gasteiger partial charge in [0, 0.05) is 18.5 Å². The van der Waals surface area contributed by atoms with Gasteiger partial charge >= 0.3 is 5.97 Å². The standard InChI is InChI=1S/C20H23NO2/c1-23-19(22)18-14-21-15-20(18,12-16-8-4-2-5-9-16)13-17-10-6-3-7-11-17/h2-11,18,21H,12-15H2,1H3. The van der Waals surface area contributed by atoms with Crippen molar-refractivity contribution in [3.63, 3.8) is 0 Å². The molecule has 1 unspecified atom stereocenters. The van der Waals surface area contributed by atoms with Crippen molar-refractivity contribution in [2.45, 2.75) is 12.8 Å². The number of hydrogen-bond acceptors (Lipinski definition) is 3. The van der Waals surface area contributed by atoms with Crippen molar-refractivity contribution in [2.75, 3.05) is 20.2 Å². The Hall–Kier alpha value is -2.13. The molecule has 0 spiro atoms. The Kier molecular flexibility index (Phi) is 4.77. The van der Waals surface area contributed by atoms with E-state index in [4.69, 9.17) is 4.74 Å². The lowest BCUT2D eigenvalue weighted by atomic mass is 9.69. The lowest BCUT2D eigenvalue weighted by molar-refractivity contribution is -0.148. The van der Waals surface area contributed by atoms with Crippen LogP contribution in [0.1, 0.15) is 11.1 Å². The van der Waals surface area contributed by atoms with Crippen LogP contribution in [0.2, 0.25) is 0 Å². The first kappa shape index (κ1) is 15.8. The number of hydrogen-bond donors (Lipinski definition) is 1. The van der Waals surface area contributed by atoms with E-state index >= 15 is 0 Å². The van der Waals surface area contributed by atoms with Gasteiger partial charge in [-0.05, 0) is 24.0 Å². The molecular weight excluding hydrogens is 286 g/mol. The van der Waals surface area contributed by atoms with Crippen LogP contribution in [0.25, 0.3) is 0 Å². The highest BCUT2D eigenvalue weighted by molar-refractivity contribution is 5.74. The van der Waals surface area contributed by atoms with Crippen molar-refractivity contribution in [3.8, 4) is 0 Å². The summed E-state index contributed by atoms with van der Waals surface area (Å²) in [4.78, 5) is 12.3. The van der Waals surface area contributed by atoms with E-state index in [2.05, 4.69) is 53.8 Å². The van der Waals surface area contributed by atoms with Crippen LogP contribution in [0.5, 0.6) is 0 Å². The third-order valence-electron chi connectivity index (χ3n) is 4.85. The fourth-order valence-corrected chi connectivity index (χ4v) is 3.72. The van der Waals surface area contributed by atoms with Gasteiger partial charge in [-0.25, -0.2) is 0 Å². The van der Waals surface area contributed by atoms with Gasteiger partial charge in [0.25, 0.3) is 0 Å². The molecule has 1 aliphatic heterocycles. The summed E-state index contributed by atoms with van der Waals surface area (Å²) in [5.74, 6) is -0.227. The van der Waals surface area contributed by atoms with Crippen LogP contribution in [0, 0.1) is 11.3 Å². The van der Waals surface area contributed by atoms with Crippen molar-refractivity contribution in [3.05, 3.63) is 71.8 Å². The number of benzene rings is 2. The zero-order valence-corrected chi connectivity index (χ0v) is 13.5. The van der Waals surface area contributed by atoms with Gasteiger partial charge in [0.2, 0.25) is 0 Å². The minimum Gasteiger partial charge on any atom is -0.469 e. The van der Waals surface area contributed by atoms with Gasteiger partial charge in [0.1, 0.15) is 0 Å². The van der Waals surface area contributed by atoms with E-state index in [-0.39, 0.29) is 17.3 Å². The number of methoxy groups -OCH3 is 1. The van der Waals surface area contributed by atoms with E-state index in [0.717, 1.165) is 19.4 Å². The molecule has 3 nitrogen and oxygen atoms in total. The van der Waals surface area contributed by atoms with Crippen molar-refractivity contribution in [1.29, 1.82) is 0 Å². The van der Waals surface area contributed by atoms with Crippen molar-refractivity contribution in [2.24, 2.45) is 11.3 Å². The molecule has 0 amide bonds. The average Bonchev–Trinajstić information content (AvgIpc) is 2.99. The third-order valence-corrected chi connectivity index (χ3v) is 4.85. The second kappa shape index (κ2) is 6.97. The predicted molar refractivity (Wildman–Crippen MR) is 91.1 cm³/mol. The number of esters is 1. The van der Waals surface area contributed by atoms with Gasteiger partial charge in [0.15, 0.2) is 0 Å². The zero-order chi connectivity index (χ0) is 16.1. The summed E-state index contributed by atoms with van der Waals surface area (Å²) in [7, 11) is 1.48. The van der Waals surface area contributed by atoms with E-state index in [1.165, 1.54) is 18.2 Å². The van der Waals surface area contributed by atoms with Gasteiger partial charge in [0.05, 0.1) is 13.0 Å². The lowest BCUT2D eigenvalue weighted by Crippen LogP contribution is -2.39. The van der Waals surface area contributed by atoms with Crippen molar-refractivity contribution in [1.82, 2.24) is 5.32 Å². The molecule has 2 aromatic rings. The molecule has 1 fully saturated rings. The average molecular weight is 309 g/mol. The summed E-state index contributed by atoms with van der Waals surface area (Å²) in [6.45, 7) is 1.52. The zero-order valence-electron chi connectivity index (χ0n) is 13.5. The molecule has 1 atom stereocenters. The maximum Gasteiger partial charge on any atom is 0.310 e. The summed E-state index contributed by atoms with van der Waals surface area (Å²) in [6, 6.07) is 20.8. The molecule has 1 aliphatic rings. The van der Waals surface area contributed by atoms with Crippen LogP contribution in [0.15, 0.2) is 60.7 Å². The minimum atomic E-state index is -0.143. The van der Waals surface area contributed by atoms with E-state index in [1.807, 2.05) is 12.1 Å². The van der Waals surface area contributed by atoms with Crippen LogP contribution in [0.3, 0.4) is 0 Å². The van der Waals surface area contributed by atoms with Crippen molar-refractivity contribution < 1.29 is 9.53 Å². The Bertz CT molecular complexity index is 598. The van der Waals surface area contributed by atoms with Gasteiger partial charge < -0.3 is 10.1 Å². The second-order valence-corrected chi connectivity index (χ2v) is 6.39. The van der Waals surface area contributed by atoms with Crippen LogP contribution in [-0.4, -0.2) is 26.2 Å². The Morgan fingerprint density at radius 3 is 2.04 bits per heavy atom. The SMILES string of the molecule is COC(=O)C1CNCC1(Cc1ccccc1)Cc1ccccc1. The van der Waals surface area contributed by atoms with Gasteiger partial charge in [-0.2, -0.15) is 0 Å². The Morgan fingerprint density at radius 2 is 1.57 bits per heavy atom. The largest absolute Gasteiger partial charge is 0.469 e. The lowest BCUT2D eigenvalue weighted by Gasteiger charge is -2.33. The molecule has 0 saturated carbocycles. The number of ether oxygens (including phenoxy) is 1. The summed E-state index contributed by atoms with van der Waals surface area (Å²) >= 11 is 0. The molecular formula is C20H23NO2. The maximum absolute atomic E-state index is 12.3. The Morgan fingerprint density at radius 1 is 1.04 bits per heavy atom. The quantitative estimate of drug-likeness (QED) is 0.863. The minimum absolute atomic E-state index is 0.109. The molecule has 0 aliphatic carbocycles. The molecule has 23 heavy (non-hydrogen) atoms. The molecule has 1 saturated heterocycles.